The second-order valence-corrected chi connectivity index (χ2v) is 5.08. The molecular formula is C14H20N2O3. The van der Waals surface area contributed by atoms with E-state index in [1.807, 2.05) is 0 Å². The predicted molar refractivity (Wildman–Crippen MR) is 73.5 cm³/mol. The fraction of sp³-hybridized carbons (Fsp3) is 0.500. The van der Waals surface area contributed by atoms with Gasteiger partial charge in [0.1, 0.15) is 11.5 Å². The van der Waals surface area contributed by atoms with E-state index < -0.39 is 5.54 Å². The van der Waals surface area contributed by atoms with Gasteiger partial charge in [0.25, 0.3) is 0 Å². The van der Waals surface area contributed by atoms with E-state index in [0.717, 1.165) is 12.8 Å². The molecule has 0 spiro atoms. The number of hydrogen-bond acceptors (Lipinski definition) is 4. The van der Waals surface area contributed by atoms with Crippen molar-refractivity contribution in [1.29, 1.82) is 0 Å². The molecule has 5 heteroatoms. The van der Waals surface area contributed by atoms with E-state index in [0.29, 0.717) is 17.2 Å². The molecule has 0 aliphatic heterocycles. The molecular weight excluding hydrogens is 244 g/mol. The Morgan fingerprint density at radius 2 is 2.05 bits per heavy atom. The number of amides is 1. The lowest BCUT2D eigenvalue weighted by molar-refractivity contribution is -0.121. The van der Waals surface area contributed by atoms with Gasteiger partial charge in [0.2, 0.25) is 5.91 Å². The first-order chi connectivity index (χ1) is 8.98. The summed E-state index contributed by atoms with van der Waals surface area (Å²) in [4.78, 5) is 12.3. The molecule has 104 valence electrons. The minimum Gasteiger partial charge on any atom is -0.497 e. The van der Waals surface area contributed by atoms with Crippen LogP contribution in [0.3, 0.4) is 0 Å². The number of carbonyl (C=O) groups excluding carboxylic acids is 1. The van der Waals surface area contributed by atoms with Crippen LogP contribution < -0.4 is 20.5 Å². The van der Waals surface area contributed by atoms with Crippen LogP contribution in [0.1, 0.15) is 19.8 Å². The quantitative estimate of drug-likeness (QED) is 0.850. The number of hydrogen-bond donors (Lipinski definition) is 2. The summed E-state index contributed by atoms with van der Waals surface area (Å²) in [5.74, 6) is 1.31. The normalized spacial score (nSPS) is 17.5. The number of nitrogens with two attached hydrogens (primary N) is 1. The highest BCUT2D eigenvalue weighted by atomic mass is 16.5. The van der Waals surface area contributed by atoms with Crippen molar-refractivity contribution < 1.29 is 14.3 Å². The molecule has 0 heterocycles. The summed E-state index contributed by atoms with van der Waals surface area (Å²) >= 11 is 0. The highest BCUT2D eigenvalue weighted by molar-refractivity contribution is 5.99. The summed E-state index contributed by atoms with van der Waals surface area (Å²) in [5, 5.41) is 2.83. The molecule has 0 saturated heterocycles. The molecule has 1 atom stereocenters. The molecule has 5 nitrogen and oxygen atoms in total. The third-order valence-corrected chi connectivity index (χ3v) is 3.57. The first-order valence-corrected chi connectivity index (χ1v) is 6.31. The van der Waals surface area contributed by atoms with E-state index in [4.69, 9.17) is 15.2 Å². The van der Waals surface area contributed by atoms with Crippen LogP contribution in [-0.2, 0) is 4.79 Å². The van der Waals surface area contributed by atoms with E-state index >= 15 is 0 Å². The van der Waals surface area contributed by atoms with Crippen molar-refractivity contribution >= 4 is 11.6 Å². The summed E-state index contributed by atoms with van der Waals surface area (Å²) in [7, 11) is 3.13. The van der Waals surface area contributed by atoms with Crippen LogP contribution in [0, 0.1) is 5.92 Å². The monoisotopic (exact) mass is 264 g/mol. The number of methoxy groups -OCH3 is 2. The molecule has 1 aromatic carbocycles. The number of ether oxygens (including phenoxy) is 2. The van der Waals surface area contributed by atoms with E-state index in [1.54, 1.807) is 39.3 Å². The van der Waals surface area contributed by atoms with Crippen molar-refractivity contribution in [1.82, 2.24) is 0 Å². The van der Waals surface area contributed by atoms with Crippen molar-refractivity contribution in [2.24, 2.45) is 11.7 Å². The summed E-state index contributed by atoms with van der Waals surface area (Å²) in [6, 6.07) is 5.25. The minimum atomic E-state index is -0.839. The molecule has 19 heavy (non-hydrogen) atoms. The second-order valence-electron chi connectivity index (χ2n) is 5.08. The van der Waals surface area contributed by atoms with E-state index in [2.05, 4.69) is 5.32 Å². The number of rotatable bonds is 5. The van der Waals surface area contributed by atoms with Gasteiger partial charge in [-0.1, -0.05) is 0 Å². The van der Waals surface area contributed by atoms with Crippen LogP contribution in [0.15, 0.2) is 18.2 Å². The molecule has 1 aromatic rings. The molecule has 1 aliphatic rings. The lowest BCUT2D eigenvalue weighted by Gasteiger charge is -2.23. The van der Waals surface area contributed by atoms with E-state index in [9.17, 15) is 4.79 Å². The average Bonchev–Trinajstić information content (AvgIpc) is 3.23. The third kappa shape index (κ3) is 2.81. The molecule has 1 saturated carbocycles. The summed E-state index contributed by atoms with van der Waals surface area (Å²) < 4.78 is 10.4. The first-order valence-electron chi connectivity index (χ1n) is 6.31. The zero-order valence-corrected chi connectivity index (χ0v) is 11.5. The minimum absolute atomic E-state index is 0.193. The van der Waals surface area contributed by atoms with Crippen LogP contribution in [0.5, 0.6) is 11.5 Å². The number of nitrogens with one attached hydrogen (secondary N) is 1. The van der Waals surface area contributed by atoms with Crippen molar-refractivity contribution in [2.45, 2.75) is 25.3 Å². The topological polar surface area (TPSA) is 73.6 Å². The maximum Gasteiger partial charge on any atom is 0.244 e. The summed E-state index contributed by atoms with van der Waals surface area (Å²) in [5.41, 5.74) is 5.83. The lowest BCUT2D eigenvalue weighted by atomic mass is 9.96. The predicted octanol–water partition coefficient (Wildman–Crippen LogP) is 1.77. The maximum absolute atomic E-state index is 12.3. The first kappa shape index (κ1) is 13.7. The van der Waals surface area contributed by atoms with Gasteiger partial charge in [0.05, 0.1) is 25.4 Å². The molecule has 2 rings (SSSR count). The standard InChI is InChI=1S/C14H20N2O3/c1-14(15,9-4-5-9)13(17)16-11-8-10(18-2)6-7-12(11)19-3/h6-9H,4-5,15H2,1-3H3,(H,16,17). The molecule has 1 unspecified atom stereocenters. The molecule has 0 bridgehead atoms. The smallest absolute Gasteiger partial charge is 0.244 e. The van der Waals surface area contributed by atoms with Crippen molar-refractivity contribution in [3.63, 3.8) is 0 Å². The molecule has 1 fully saturated rings. The fourth-order valence-electron chi connectivity index (χ4n) is 2.04. The van der Waals surface area contributed by atoms with Crippen LogP contribution in [0.2, 0.25) is 0 Å². The Hall–Kier alpha value is -1.75. The Morgan fingerprint density at radius 3 is 2.58 bits per heavy atom. The third-order valence-electron chi connectivity index (χ3n) is 3.57. The zero-order valence-electron chi connectivity index (χ0n) is 11.5. The Balaban J connectivity index is 2.19. The molecule has 3 N–H and O–H groups in total. The Morgan fingerprint density at radius 1 is 1.37 bits per heavy atom. The largest absolute Gasteiger partial charge is 0.497 e. The number of benzene rings is 1. The van der Waals surface area contributed by atoms with Gasteiger partial charge in [-0.25, -0.2) is 0 Å². The summed E-state index contributed by atoms with van der Waals surface area (Å²) in [6.07, 6.45) is 2.02. The van der Waals surface area contributed by atoms with Crippen molar-refractivity contribution in [2.75, 3.05) is 19.5 Å². The van der Waals surface area contributed by atoms with Crippen LogP contribution in [0.25, 0.3) is 0 Å². The molecule has 1 amide bonds. The van der Waals surface area contributed by atoms with Crippen molar-refractivity contribution in [3.8, 4) is 11.5 Å². The van der Waals surface area contributed by atoms with Gasteiger partial charge < -0.3 is 20.5 Å². The van der Waals surface area contributed by atoms with E-state index in [1.165, 1.54) is 0 Å². The van der Waals surface area contributed by atoms with Gasteiger partial charge in [-0.05, 0) is 37.8 Å². The highest BCUT2D eigenvalue weighted by Crippen LogP contribution is 2.39. The Kier molecular flexibility index (Phi) is 3.66. The van der Waals surface area contributed by atoms with Gasteiger partial charge in [-0.2, -0.15) is 0 Å². The second kappa shape index (κ2) is 5.09. The average molecular weight is 264 g/mol. The maximum atomic E-state index is 12.3. The lowest BCUT2D eigenvalue weighted by Crippen LogP contribution is -2.50. The van der Waals surface area contributed by atoms with Crippen molar-refractivity contribution in [3.05, 3.63) is 18.2 Å². The molecule has 0 aromatic heterocycles. The number of anilines is 1. The van der Waals surface area contributed by atoms with Gasteiger partial charge in [0, 0.05) is 6.07 Å². The van der Waals surface area contributed by atoms with Crippen LogP contribution in [-0.4, -0.2) is 25.7 Å². The van der Waals surface area contributed by atoms with E-state index in [-0.39, 0.29) is 11.8 Å². The Bertz CT molecular complexity index is 482. The summed E-state index contributed by atoms with van der Waals surface area (Å²) in [6.45, 7) is 1.77. The van der Waals surface area contributed by atoms with Gasteiger partial charge in [-0.3, -0.25) is 4.79 Å². The van der Waals surface area contributed by atoms with Crippen LogP contribution >= 0.6 is 0 Å². The Labute approximate surface area is 113 Å². The van der Waals surface area contributed by atoms with Gasteiger partial charge >= 0.3 is 0 Å². The fourth-order valence-corrected chi connectivity index (χ4v) is 2.04. The van der Waals surface area contributed by atoms with Gasteiger partial charge in [-0.15, -0.1) is 0 Å². The highest BCUT2D eigenvalue weighted by Gasteiger charge is 2.44. The van der Waals surface area contributed by atoms with Crippen LogP contribution in [0.4, 0.5) is 5.69 Å². The molecule has 0 radical (unpaired) electrons. The SMILES string of the molecule is COc1ccc(OC)c(NC(=O)C(C)(N)C2CC2)c1. The zero-order chi connectivity index (χ0) is 14.0. The number of carbonyl (C=O) groups is 1. The molecule has 1 aliphatic carbocycles. The van der Waals surface area contributed by atoms with Gasteiger partial charge in [0.15, 0.2) is 0 Å².